The van der Waals surface area contributed by atoms with Crippen LogP contribution in [0.15, 0.2) is 29.3 Å². The summed E-state index contributed by atoms with van der Waals surface area (Å²) in [6.07, 6.45) is 5.16. The highest BCUT2D eigenvalue weighted by atomic mass is 35.5. The second-order valence-electron chi connectivity index (χ2n) is 7.90. The molecule has 2 aromatic rings. The van der Waals surface area contributed by atoms with Crippen LogP contribution in [0.5, 0.6) is 0 Å². The minimum atomic E-state index is -0.361. The van der Waals surface area contributed by atoms with E-state index < -0.39 is 0 Å². The van der Waals surface area contributed by atoms with Crippen LogP contribution in [-0.4, -0.2) is 51.5 Å². The van der Waals surface area contributed by atoms with Crippen molar-refractivity contribution in [3.05, 3.63) is 40.6 Å². The van der Waals surface area contributed by atoms with Gasteiger partial charge >= 0.3 is 0 Å². The van der Waals surface area contributed by atoms with Crippen molar-refractivity contribution in [1.29, 1.82) is 0 Å². The minimum absolute atomic E-state index is 0. The van der Waals surface area contributed by atoms with Gasteiger partial charge in [-0.25, -0.2) is 4.98 Å². The van der Waals surface area contributed by atoms with Crippen molar-refractivity contribution < 1.29 is 5.11 Å². The summed E-state index contributed by atoms with van der Waals surface area (Å²) < 4.78 is 4.02. The molecule has 2 saturated heterocycles. The Balaban J connectivity index is 0.00000112. The van der Waals surface area contributed by atoms with Crippen LogP contribution in [0, 0.1) is 5.92 Å². The Labute approximate surface area is 176 Å². The van der Waals surface area contributed by atoms with Crippen LogP contribution in [0.4, 0.5) is 0 Å². The first-order chi connectivity index (χ1) is 12.7. The number of halogens is 2. The fourth-order valence-electron chi connectivity index (χ4n) is 4.89. The predicted molar refractivity (Wildman–Crippen MR) is 113 cm³/mol. The van der Waals surface area contributed by atoms with E-state index in [9.17, 15) is 9.90 Å². The second-order valence-corrected chi connectivity index (χ2v) is 7.90. The van der Waals surface area contributed by atoms with Crippen molar-refractivity contribution in [3.8, 4) is 11.4 Å². The molecule has 2 fully saturated rings. The molecule has 3 aliphatic heterocycles. The van der Waals surface area contributed by atoms with Gasteiger partial charge in [0.25, 0.3) is 5.56 Å². The predicted octanol–water partition coefficient (Wildman–Crippen LogP) is 1.16. The summed E-state index contributed by atoms with van der Waals surface area (Å²) >= 11 is 0. The molecule has 4 atom stereocenters. The van der Waals surface area contributed by atoms with E-state index in [1.54, 1.807) is 6.20 Å². The number of fused-ring (bicyclic) bond motifs is 4. The number of pyridine rings is 1. The molecule has 0 radical (unpaired) electrons. The Bertz CT molecular complexity index is 883. The van der Waals surface area contributed by atoms with Crippen LogP contribution < -0.4 is 16.2 Å². The fraction of sp³-hybridized carbons (Fsp3) is 0.579. The van der Waals surface area contributed by atoms with Gasteiger partial charge in [0.15, 0.2) is 0 Å². The Hall–Kier alpha value is -1.38. The van der Waals surface area contributed by atoms with E-state index in [2.05, 4.69) is 21.7 Å². The monoisotopic (exact) mass is 427 g/mol. The van der Waals surface area contributed by atoms with Crippen molar-refractivity contribution >= 4 is 24.8 Å². The van der Waals surface area contributed by atoms with Crippen molar-refractivity contribution in [2.75, 3.05) is 26.2 Å². The third-order valence-corrected chi connectivity index (χ3v) is 6.12. The van der Waals surface area contributed by atoms with Crippen LogP contribution in [-0.2, 0) is 6.54 Å². The topological polar surface area (TPSA) is 84.1 Å². The molecule has 5 heterocycles. The third-order valence-electron chi connectivity index (χ3n) is 6.12. The maximum Gasteiger partial charge on any atom is 0.261 e. The second kappa shape index (κ2) is 8.55. The first kappa shape index (κ1) is 21.3. The number of hydrogen-bond acceptors (Lipinski definition) is 5. The Morgan fingerprint density at radius 2 is 1.89 bits per heavy atom. The van der Waals surface area contributed by atoms with Gasteiger partial charge < -0.3 is 24.9 Å². The molecular formula is C19H27Cl2N5O2. The number of piperidine rings is 2. The zero-order valence-electron chi connectivity index (χ0n) is 15.6. The number of imidazole rings is 1. The van der Waals surface area contributed by atoms with E-state index in [1.807, 2.05) is 21.4 Å². The summed E-state index contributed by atoms with van der Waals surface area (Å²) in [5.41, 5.74) is 1.87. The van der Waals surface area contributed by atoms with Gasteiger partial charge in [0.2, 0.25) is 0 Å². The quantitative estimate of drug-likeness (QED) is 0.669. The van der Waals surface area contributed by atoms with Crippen LogP contribution >= 0.6 is 24.8 Å². The maximum atomic E-state index is 13.3. The largest absolute Gasteiger partial charge is 0.392 e. The van der Waals surface area contributed by atoms with Gasteiger partial charge in [-0.2, -0.15) is 0 Å². The molecule has 0 unspecified atom stereocenters. The standard InChI is InChI=1S/C19H25N5O2.2ClH/c25-15-6-14(9-21-10-15)23-4-3-22-18(23)16-1-2-17-13-5-12(7-20-8-13)11-24(17)19(16)26;;/h1-4,12-15,20-21,25H,5-11H2;2*1H/t12-,13+,14-,15+;;/m0../s1. The molecule has 2 bridgehead atoms. The SMILES string of the molecule is Cl.Cl.O=c1c(-c2nccn2[C@@H]2CNC[C@H](O)C2)ccc2n1C[C@@H]1CNC[C@H]2C1. The van der Waals surface area contributed by atoms with Gasteiger partial charge in [-0.1, -0.05) is 0 Å². The number of nitrogens with zero attached hydrogens (tertiary/aromatic N) is 3. The number of nitrogens with one attached hydrogen (secondary N) is 2. The highest BCUT2D eigenvalue weighted by molar-refractivity contribution is 5.85. The minimum Gasteiger partial charge on any atom is -0.392 e. The molecule has 0 amide bonds. The van der Waals surface area contributed by atoms with Crippen LogP contribution in [0.25, 0.3) is 11.4 Å². The molecule has 0 saturated carbocycles. The number of hydrogen-bond donors (Lipinski definition) is 3. The molecule has 7 nitrogen and oxygen atoms in total. The maximum absolute atomic E-state index is 13.3. The summed E-state index contributed by atoms with van der Waals surface area (Å²) in [6.45, 7) is 4.14. The molecule has 9 heteroatoms. The van der Waals surface area contributed by atoms with E-state index in [-0.39, 0.29) is 42.5 Å². The summed E-state index contributed by atoms with van der Waals surface area (Å²) in [5, 5.41) is 16.7. The zero-order chi connectivity index (χ0) is 17.7. The lowest BCUT2D eigenvalue weighted by Crippen LogP contribution is -2.45. The first-order valence-corrected chi connectivity index (χ1v) is 9.57. The average molecular weight is 428 g/mol. The summed E-state index contributed by atoms with van der Waals surface area (Å²) in [6, 6.07) is 4.16. The van der Waals surface area contributed by atoms with Gasteiger partial charge in [-0.3, -0.25) is 4.79 Å². The lowest BCUT2D eigenvalue weighted by molar-refractivity contribution is 0.117. The lowest BCUT2D eigenvalue weighted by Gasteiger charge is -2.37. The molecule has 3 aliphatic rings. The fourth-order valence-corrected chi connectivity index (χ4v) is 4.89. The Morgan fingerprint density at radius 1 is 1.07 bits per heavy atom. The van der Waals surface area contributed by atoms with Crippen molar-refractivity contribution in [1.82, 2.24) is 24.8 Å². The van der Waals surface area contributed by atoms with Gasteiger partial charge in [0, 0.05) is 50.2 Å². The summed E-state index contributed by atoms with van der Waals surface area (Å²) in [4.78, 5) is 17.8. The average Bonchev–Trinajstić information content (AvgIpc) is 3.12. The van der Waals surface area contributed by atoms with Crippen LogP contribution in [0.2, 0.25) is 0 Å². The zero-order valence-corrected chi connectivity index (χ0v) is 17.2. The lowest BCUT2D eigenvalue weighted by atomic mass is 9.84. The molecular weight excluding hydrogens is 401 g/mol. The summed E-state index contributed by atoms with van der Waals surface area (Å²) in [5.74, 6) is 1.67. The first-order valence-electron chi connectivity index (χ1n) is 9.57. The number of aliphatic hydroxyl groups excluding tert-OH is 1. The smallest absolute Gasteiger partial charge is 0.261 e. The molecule has 0 aliphatic carbocycles. The summed E-state index contributed by atoms with van der Waals surface area (Å²) in [7, 11) is 0. The highest BCUT2D eigenvalue weighted by Crippen LogP contribution is 2.33. The van der Waals surface area contributed by atoms with Gasteiger partial charge in [-0.05, 0) is 37.4 Å². The highest BCUT2D eigenvalue weighted by Gasteiger charge is 2.32. The normalized spacial score (nSPS) is 28.6. The molecule has 0 spiro atoms. The Morgan fingerprint density at radius 3 is 2.71 bits per heavy atom. The van der Waals surface area contributed by atoms with E-state index in [0.29, 0.717) is 36.2 Å². The van der Waals surface area contributed by atoms with E-state index in [1.165, 1.54) is 6.42 Å². The number of rotatable bonds is 2. The molecule has 2 aromatic heterocycles. The molecule has 3 N–H and O–H groups in total. The van der Waals surface area contributed by atoms with Crippen molar-refractivity contribution in [2.45, 2.75) is 37.5 Å². The third kappa shape index (κ3) is 3.62. The number of aliphatic hydroxyl groups is 1. The molecule has 5 rings (SSSR count). The van der Waals surface area contributed by atoms with Gasteiger partial charge in [0.1, 0.15) is 5.82 Å². The van der Waals surface area contributed by atoms with Crippen molar-refractivity contribution in [2.24, 2.45) is 5.92 Å². The van der Waals surface area contributed by atoms with E-state index in [4.69, 9.17) is 0 Å². The van der Waals surface area contributed by atoms with Gasteiger partial charge in [0.05, 0.1) is 17.7 Å². The van der Waals surface area contributed by atoms with E-state index >= 15 is 0 Å². The van der Waals surface area contributed by atoms with Gasteiger partial charge in [-0.15, -0.1) is 24.8 Å². The molecule has 154 valence electrons. The number of β-amino-alcohol motifs (C(OH)–C–C–N with tert-alkyl or cyclic N) is 1. The van der Waals surface area contributed by atoms with Crippen LogP contribution in [0.1, 0.15) is 30.5 Å². The molecule has 0 aromatic carbocycles. The number of aromatic nitrogens is 3. The van der Waals surface area contributed by atoms with Crippen molar-refractivity contribution in [3.63, 3.8) is 0 Å². The van der Waals surface area contributed by atoms with E-state index in [0.717, 1.165) is 31.9 Å². The Kier molecular flexibility index (Phi) is 6.51. The molecule has 28 heavy (non-hydrogen) atoms. The van der Waals surface area contributed by atoms with Crippen LogP contribution in [0.3, 0.4) is 0 Å².